The normalized spacial score (nSPS) is 10.8. The summed E-state index contributed by atoms with van der Waals surface area (Å²) in [4.78, 5) is 1.32. The topological polar surface area (TPSA) is 29.9 Å². The van der Waals surface area contributed by atoms with Gasteiger partial charge in [0.2, 0.25) is 0 Å². The molecule has 3 nitrogen and oxygen atoms in total. The summed E-state index contributed by atoms with van der Waals surface area (Å²) in [6.07, 6.45) is 5.18. The molecule has 1 heterocycles. The Balaban J connectivity index is 1.87. The van der Waals surface area contributed by atoms with Crippen LogP contribution in [0.15, 0.2) is 41.6 Å². The van der Waals surface area contributed by atoms with Crippen LogP contribution in [0.25, 0.3) is 0 Å². The summed E-state index contributed by atoms with van der Waals surface area (Å²) in [5, 5.41) is 7.62. The molecule has 0 saturated carbocycles. The summed E-state index contributed by atoms with van der Waals surface area (Å²) in [6, 6.07) is 8.75. The minimum absolute atomic E-state index is 0.954. The van der Waals surface area contributed by atoms with Gasteiger partial charge in [0.05, 0.1) is 6.20 Å². The van der Waals surface area contributed by atoms with Gasteiger partial charge >= 0.3 is 0 Å². The average Bonchev–Trinajstić information content (AvgIpc) is 2.83. The van der Waals surface area contributed by atoms with E-state index < -0.39 is 0 Å². The number of hydrogen-bond acceptors (Lipinski definition) is 3. The number of benzene rings is 1. The molecule has 2 aromatic rings. The molecule has 0 radical (unpaired) electrons. The van der Waals surface area contributed by atoms with E-state index in [4.69, 9.17) is 0 Å². The maximum Gasteiger partial charge on any atom is 0.0530 e. The van der Waals surface area contributed by atoms with Crippen molar-refractivity contribution in [3.05, 3.63) is 47.8 Å². The molecule has 0 amide bonds. The summed E-state index contributed by atoms with van der Waals surface area (Å²) in [5.74, 6) is 0.972. The zero-order valence-corrected chi connectivity index (χ0v) is 12.4. The Morgan fingerprint density at radius 2 is 2.21 bits per heavy atom. The number of nitrogens with one attached hydrogen (secondary N) is 1. The second-order valence-corrected chi connectivity index (χ2v) is 5.68. The van der Waals surface area contributed by atoms with Gasteiger partial charge < -0.3 is 5.32 Å². The minimum atomic E-state index is 0.954. The van der Waals surface area contributed by atoms with E-state index >= 15 is 0 Å². The zero-order valence-electron chi connectivity index (χ0n) is 11.6. The van der Waals surface area contributed by atoms with Crippen molar-refractivity contribution in [2.75, 3.05) is 6.54 Å². The first-order chi connectivity index (χ1) is 9.28. The van der Waals surface area contributed by atoms with E-state index in [1.54, 1.807) is 0 Å². The molecular formula is C15H21N3S. The van der Waals surface area contributed by atoms with Gasteiger partial charge in [0, 0.05) is 36.0 Å². The van der Waals surface area contributed by atoms with Gasteiger partial charge in [0.1, 0.15) is 0 Å². The van der Waals surface area contributed by atoms with Gasteiger partial charge in [-0.05, 0) is 30.7 Å². The predicted molar refractivity (Wildman–Crippen MR) is 81.2 cm³/mol. The van der Waals surface area contributed by atoms with Gasteiger partial charge in [0.15, 0.2) is 0 Å². The van der Waals surface area contributed by atoms with Crippen molar-refractivity contribution in [3.8, 4) is 0 Å². The number of aromatic nitrogens is 2. The van der Waals surface area contributed by atoms with E-state index in [0.29, 0.717) is 0 Å². The number of rotatable bonds is 7. The lowest BCUT2D eigenvalue weighted by molar-refractivity contribution is 0.674. The molecule has 1 aromatic carbocycles. The van der Waals surface area contributed by atoms with Crippen LogP contribution in [0.4, 0.5) is 0 Å². The Bertz CT molecular complexity index is 508. The molecule has 0 aliphatic heterocycles. The molecule has 0 spiro atoms. The first-order valence-electron chi connectivity index (χ1n) is 6.68. The average molecular weight is 275 g/mol. The summed E-state index contributed by atoms with van der Waals surface area (Å²) in [5.41, 5.74) is 2.62. The lowest BCUT2D eigenvalue weighted by atomic mass is 10.2. The SMILES string of the molecule is CCCNCc1cccc(SCc2cnn(C)c2)c1. The molecule has 0 aliphatic carbocycles. The third-order valence-corrected chi connectivity index (χ3v) is 3.88. The van der Waals surface area contributed by atoms with Crippen LogP contribution in [0, 0.1) is 0 Å². The fourth-order valence-electron chi connectivity index (χ4n) is 1.87. The summed E-state index contributed by atoms with van der Waals surface area (Å²) < 4.78 is 1.85. The van der Waals surface area contributed by atoms with Crippen LogP contribution in [-0.4, -0.2) is 16.3 Å². The lowest BCUT2D eigenvalue weighted by Crippen LogP contribution is -2.13. The molecule has 2 rings (SSSR count). The summed E-state index contributed by atoms with van der Waals surface area (Å²) in [7, 11) is 1.95. The van der Waals surface area contributed by atoms with Crippen molar-refractivity contribution in [3.63, 3.8) is 0 Å². The van der Waals surface area contributed by atoms with Crippen LogP contribution in [0.2, 0.25) is 0 Å². The smallest absolute Gasteiger partial charge is 0.0530 e. The highest BCUT2D eigenvalue weighted by Gasteiger charge is 2.00. The number of thioether (sulfide) groups is 1. The number of nitrogens with zero attached hydrogens (tertiary/aromatic N) is 2. The Hall–Kier alpha value is -1.26. The van der Waals surface area contributed by atoms with E-state index in [9.17, 15) is 0 Å². The highest BCUT2D eigenvalue weighted by molar-refractivity contribution is 7.98. The van der Waals surface area contributed by atoms with Crippen molar-refractivity contribution in [1.29, 1.82) is 0 Å². The van der Waals surface area contributed by atoms with Crippen molar-refractivity contribution in [2.45, 2.75) is 30.5 Å². The maximum atomic E-state index is 4.19. The van der Waals surface area contributed by atoms with Crippen LogP contribution in [0.1, 0.15) is 24.5 Å². The second-order valence-electron chi connectivity index (χ2n) is 4.64. The zero-order chi connectivity index (χ0) is 13.5. The molecule has 1 aromatic heterocycles. The quantitative estimate of drug-likeness (QED) is 0.621. The van der Waals surface area contributed by atoms with E-state index in [1.807, 2.05) is 29.7 Å². The summed E-state index contributed by atoms with van der Waals surface area (Å²) in [6.45, 7) is 4.22. The molecule has 0 aliphatic rings. The van der Waals surface area contributed by atoms with Gasteiger partial charge in [-0.15, -0.1) is 11.8 Å². The summed E-state index contributed by atoms with van der Waals surface area (Å²) >= 11 is 1.86. The molecule has 1 N–H and O–H groups in total. The third kappa shape index (κ3) is 4.73. The molecule has 0 bridgehead atoms. The highest BCUT2D eigenvalue weighted by atomic mass is 32.2. The van der Waals surface area contributed by atoms with Gasteiger partial charge in [-0.2, -0.15) is 5.10 Å². The molecule has 0 saturated heterocycles. The van der Waals surface area contributed by atoms with Crippen molar-refractivity contribution >= 4 is 11.8 Å². The van der Waals surface area contributed by atoms with E-state index in [1.165, 1.54) is 22.4 Å². The van der Waals surface area contributed by atoms with Gasteiger partial charge in [-0.1, -0.05) is 19.1 Å². The Morgan fingerprint density at radius 1 is 1.32 bits per heavy atom. The van der Waals surface area contributed by atoms with Gasteiger partial charge in [-0.25, -0.2) is 0 Å². The standard InChI is InChI=1S/C15H21N3S/c1-3-7-16-9-13-5-4-6-15(8-13)19-12-14-10-17-18(2)11-14/h4-6,8,10-11,16H,3,7,9,12H2,1-2H3. The lowest BCUT2D eigenvalue weighted by Gasteiger charge is -2.06. The number of hydrogen-bond donors (Lipinski definition) is 1. The van der Waals surface area contributed by atoms with Crippen molar-refractivity contribution in [2.24, 2.45) is 7.05 Å². The first kappa shape index (κ1) is 14.2. The monoisotopic (exact) mass is 275 g/mol. The maximum absolute atomic E-state index is 4.19. The first-order valence-corrected chi connectivity index (χ1v) is 7.66. The third-order valence-electron chi connectivity index (χ3n) is 2.82. The van der Waals surface area contributed by atoms with Crippen molar-refractivity contribution < 1.29 is 0 Å². The number of aryl methyl sites for hydroxylation is 1. The minimum Gasteiger partial charge on any atom is -0.313 e. The Morgan fingerprint density at radius 3 is 2.95 bits per heavy atom. The second kappa shape index (κ2) is 7.36. The molecule has 4 heteroatoms. The molecule has 0 unspecified atom stereocenters. The Kier molecular flexibility index (Phi) is 5.48. The van der Waals surface area contributed by atoms with Crippen LogP contribution < -0.4 is 5.32 Å². The van der Waals surface area contributed by atoms with Crippen molar-refractivity contribution in [1.82, 2.24) is 15.1 Å². The fourth-order valence-corrected chi connectivity index (χ4v) is 2.76. The molecule has 19 heavy (non-hydrogen) atoms. The molecule has 102 valence electrons. The predicted octanol–water partition coefficient (Wildman–Crippen LogP) is 3.21. The largest absolute Gasteiger partial charge is 0.313 e. The van der Waals surface area contributed by atoms with E-state index in [0.717, 1.165) is 18.8 Å². The van der Waals surface area contributed by atoms with Crippen LogP contribution >= 0.6 is 11.8 Å². The fraction of sp³-hybridized carbons (Fsp3) is 0.400. The van der Waals surface area contributed by atoms with E-state index in [2.05, 4.69) is 47.8 Å². The molecule has 0 fully saturated rings. The van der Waals surface area contributed by atoms with E-state index in [-0.39, 0.29) is 0 Å². The molecular weight excluding hydrogens is 254 g/mol. The van der Waals surface area contributed by atoms with Gasteiger partial charge in [-0.3, -0.25) is 4.68 Å². The van der Waals surface area contributed by atoms with Crippen LogP contribution in [-0.2, 0) is 19.3 Å². The van der Waals surface area contributed by atoms with Gasteiger partial charge in [0.25, 0.3) is 0 Å². The van der Waals surface area contributed by atoms with Crippen LogP contribution in [0.5, 0.6) is 0 Å². The molecule has 0 atom stereocenters. The Labute approximate surface area is 119 Å². The highest BCUT2D eigenvalue weighted by Crippen LogP contribution is 2.23. The van der Waals surface area contributed by atoms with Crippen LogP contribution in [0.3, 0.4) is 0 Å².